The zero-order valence-electron chi connectivity index (χ0n) is 12.3. The lowest BCUT2D eigenvalue weighted by molar-refractivity contribution is -0.0409. The van der Waals surface area contributed by atoms with Crippen LogP contribution in [0.2, 0.25) is 0 Å². The number of nitrogens with zero attached hydrogens (tertiary/aromatic N) is 1. The van der Waals surface area contributed by atoms with Crippen LogP contribution in [0.5, 0.6) is 0 Å². The highest BCUT2D eigenvalue weighted by molar-refractivity contribution is 7.09. The molecular formula is C15H25NO3S. The van der Waals surface area contributed by atoms with Crippen molar-refractivity contribution in [2.24, 2.45) is 0 Å². The second-order valence-corrected chi connectivity index (χ2v) is 6.53. The molecule has 0 bridgehead atoms. The lowest BCUT2D eigenvalue weighted by Crippen LogP contribution is -2.36. The minimum Gasteiger partial charge on any atom is -0.389 e. The number of thiophene rings is 1. The van der Waals surface area contributed by atoms with E-state index in [0.29, 0.717) is 25.8 Å². The molecule has 2 unspecified atom stereocenters. The van der Waals surface area contributed by atoms with Crippen LogP contribution in [0.3, 0.4) is 0 Å². The maximum Gasteiger partial charge on any atom is 0.0900 e. The van der Waals surface area contributed by atoms with Crippen molar-refractivity contribution in [3.05, 3.63) is 22.4 Å². The van der Waals surface area contributed by atoms with Crippen LogP contribution in [0, 0.1) is 0 Å². The highest BCUT2D eigenvalue weighted by Gasteiger charge is 2.30. The van der Waals surface area contributed by atoms with Crippen molar-refractivity contribution in [3.63, 3.8) is 0 Å². The van der Waals surface area contributed by atoms with Crippen molar-refractivity contribution in [1.82, 2.24) is 4.90 Å². The lowest BCUT2D eigenvalue weighted by Gasteiger charge is -2.25. The third kappa shape index (κ3) is 5.50. The van der Waals surface area contributed by atoms with E-state index in [9.17, 15) is 5.11 Å². The maximum atomic E-state index is 10.1. The Morgan fingerprint density at radius 3 is 2.85 bits per heavy atom. The normalized spacial score (nSPS) is 18.4. The Hall–Kier alpha value is -0.460. The van der Waals surface area contributed by atoms with Gasteiger partial charge in [-0.15, -0.1) is 11.3 Å². The molecule has 0 aromatic carbocycles. The van der Waals surface area contributed by atoms with Gasteiger partial charge in [-0.25, -0.2) is 0 Å². The third-order valence-electron chi connectivity index (χ3n) is 3.42. The van der Waals surface area contributed by atoms with Gasteiger partial charge in [0.1, 0.15) is 0 Å². The molecule has 4 nitrogen and oxygen atoms in total. The topological polar surface area (TPSA) is 41.9 Å². The fourth-order valence-electron chi connectivity index (χ4n) is 2.27. The quantitative estimate of drug-likeness (QED) is 0.718. The number of aliphatic hydroxyl groups excluding tert-OH is 1. The Morgan fingerprint density at radius 2 is 2.25 bits per heavy atom. The van der Waals surface area contributed by atoms with Crippen molar-refractivity contribution in [2.45, 2.75) is 44.6 Å². The molecule has 1 fully saturated rings. The molecule has 0 saturated heterocycles. The Morgan fingerprint density at radius 1 is 1.45 bits per heavy atom. The van der Waals surface area contributed by atoms with Crippen LogP contribution in [-0.2, 0) is 16.0 Å². The number of hydrogen-bond donors (Lipinski definition) is 1. The Bertz CT molecular complexity index is 367. The molecule has 1 aromatic heterocycles. The molecule has 1 saturated carbocycles. The zero-order chi connectivity index (χ0) is 14.4. The van der Waals surface area contributed by atoms with Gasteiger partial charge in [-0.05, 0) is 31.2 Å². The van der Waals surface area contributed by atoms with Gasteiger partial charge in [-0.1, -0.05) is 6.07 Å². The summed E-state index contributed by atoms with van der Waals surface area (Å²) in [6, 6.07) is 4.88. The minimum atomic E-state index is -0.435. The molecule has 0 aliphatic heterocycles. The molecule has 5 heteroatoms. The van der Waals surface area contributed by atoms with Crippen molar-refractivity contribution in [3.8, 4) is 0 Å². The highest BCUT2D eigenvalue weighted by atomic mass is 32.1. The lowest BCUT2D eigenvalue weighted by atomic mass is 10.3. The average molecular weight is 299 g/mol. The number of aliphatic hydroxyl groups is 1. The molecule has 1 aliphatic rings. The van der Waals surface area contributed by atoms with E-state index in [4.69, 9.17) is 9.47 Å². The van der Waals surface area contributed by atoms with Crippen LogP contribution < -0.4 is 0 Å². The molecule has 2 atom stereocenters. The zero-order valence-corrected chi connectivity index (χ0v) is 13.1. The molecule has 1 heterocycles. The van der Waals surface area contributed by atoms with Gasteiger partial charge in [-0.2, -0.15) is 0 Å². The fourth-order valence-corrected chi connectivity index (χ4v) is 3.00. The Kier molecular flexibility index (Phi) is 6.45. The summed E-state index contributed by atoms with van der Waals surface area (Å²) in [6.07, 6.45) is 2.09. The van der Waals surface area contributed by atoms with Crippen LogP contribution >= 0.6 is 11.3 Å². The Balaban J connectivity index is 1.73. The molecule has 2 rings (SSSR count). The van der Waals surface area contributed by atoms with Crippen LogP contribution in [-0.4, -0.2) is 55.1 Å². The number of rotatable bonds is 10. The van der Waals surface area contributed by atoms with Crippen LogP contribution in [0.25, 0.3) is 0 Å². The third-order valence-corrected chi connectivity index (χ3v) is 4.28. The number of methoxy groups -OCH3 is 1. The number of ether oxygens (including phenoxy) is 2. The molecule has 0 amide bonds. The summed E-state index contributed by atoms with van der Waals surface area (Å²) >= 11 is 1.78. The van der Waals surface area contributed by atoms with Gasteiger partial charge in [0, 0.05) is 31.1 Å². The van der Waals surface area contributed by atoms with E-state index in [2.05, 4.69) is 22.4 Å². The Labute approximate surface area is 125 Å². The second-order valence-electron chi connectivity index (χ2n) is 5.49. The monoisotopic (exact) mass is 299 g/mol. The van der Waals surface area contributed by atoms with E-state index < -0.39 is 6.10 Å². The standard InChI is InChI=1S/C15H25NO3S/c1-12(10-18-2)19-11-14(17)8-16(13-5-6-13)9-15-4-3-7-20-15/h3-4,7,12-14,17H,5-6,8-11H2,1-2H3. The van der Waals surface area contributed by atoms with Gasteiger partial charge in [0.15, 0.2) is 0 Å². The molecule has 0 spiro atoms. The van der Waals surface area contributed by atoms with Crippen molar-refractivity contribution in [1.29, 1.82) is 0 Å². The van der Waals surface area contributed by atoms with E-state index in [1.807, 2.05) is 6.92 Å². The van der Waals surface area contributed by atoms with E-state index in [-0.39, 0.29) is 6.10 Å². The fraction of sp³-hybridized carbons (Fsp3) is 0.733. The molecule has 114 valence electrons. The summed E-state index contributed by atoms with van der Waals surface area (Å²) in [6.45, 7) is 4.52. The van der Waals surface area contributed by atoms with E-state index >= 15 is 0 Å². The largest absolute Gasteiger partial charge is 0.389 e. The molecule has 1 N–H and O–H groups in total. The van der Waals surface area contributed by atoms with Gasteiger partial charge in [0.05, 0.1) is 25.4 Å². The summed E-state index contributed by atoms with van der Waals surface area (Å²) in [7, 11) is 1.66. The van der Waals surface area contributed by atoms with Gasteiger partial charge >= 0.3 is 0 Å². The first-order valence-corrected chi connectivity index (χ1v) is 8.12. The predicted octanol–water partition coefficient (Wildman–Crippen LogP) is 2.12. The molecule has 0 radical (unpaired) electrons. The van der Waals surface area contributed by atoms with E-state index in [1.54, 1.807) is 18.4 Å². The van der Waals surface area contributed by atoms with E-state index in [1.165, 1.54) is 17.7 Å². The first-order chi connectivity index (χ1) is 9.69. The predicted molar refractivity (Wildman–Crippen MR) is 81.0 cm³/mol. The van der Waals surface area contributed by atoms with Crippen molar-refractivity contribution < 1.29 is 14.6 Å². The summed E-state index contributed by atoms with van der Waals surface area (Å²) in [5.41, 5.74) is 0. The molecule has 20 heavy (non-hydrogen) atoms. The van der Waals surface area contributed by atoms with Gasteiger partial charge in [0.2, 0.25) is 0 Å². The minimum absolute atomic E-state index is 0.0290. The van der Waals surface area contributed by atoms with E-state index in [0.717, 1.165) is 6.54 Å². The maximum absolute atomic E-state index is 10.1. The van der Waals surface area contributed by atoms with Crippen molar-refractivity contribution >= 4 is 11.3 Å². The summed E-state index contributed by atoms with van der Waals surface area (Å²) in [4.78, 5) is 3.73. The summed E-state index contributed by atoms with van der Waals surface area (Å²) in [5, 5.41) is 12.2. The van der Waals surface area contributed by atoms with Gasteiger partial charge in [0.25, 0.3) is 0 Å². The average Bonchev–Trinajstić information content (AvgIpc) is 3.15. The number of hydrogen-bond acceptors (Lipinski definition) is 5. The van der Waals surface area contributed by atoms with Crippen LogP contribution in [0.4, 0.5) is 0 Å². The summed E-state index contributed by atoms with van der Waals surface area (Å²) in [5.74, 6) is 0. The highest BCUT2D eigenvalue weighted by Crippen LogP contribution is 2.29. The SMILES string of the molecule is COCC(C)OCC(O)CN(Cc1cccs1)C1CC1. The second kappa shape index (κ2) is 8.10. The van der Waals surface area contributed by atoms with Crippen molar-refractivity contribution in [2.75, 3.05) is 26.9 Å². The smallest absolute Gasteiger partial charge is 0.0900 e. The van der Waals surface area contributed by atoms with Crippen LogP contribution in [0.15, 0.2) is 17.5 Å². The first kappa shape index (κ1) is 15.9. The first-order valence-electron chi connectivity index (χ1n) is 7.24. The molecule has 1 aliphatic carbocycles. The molecular weight excluding hydrogens is 274 g/mol. The summed E-state index contributed by atoms with van der Waals surface area (Å²) < 4.78 is 10.6. The van der Waals surface area contributed by atoms with Gasteiger partial charge in [-0.3, -0.25) is 4.90 Å². The molecule has 1 aromatic rings. The van der Waals surface area contributed by atoms with Gasteiger partial charge < -0.3 is 14.6 Å². The van der Waals surface area contributed by atoms with Crippen LogP contribution in [0.1, 0.15) is 24.6 Å².